The Kier molecular flexibility index (Phi) is 2.81. The lowest BCUT2D eigenvalue weighted by Gasteiger charge is -2.02. The Morgan fingerprint density at radius 2 is 1.89 bits per heavy atom. The normalized spacial score (nSPS) is 16.3. The maximum absolute atomic E-state index is 13.1. The Morgan fingerprint density at radius 3 is 2.61 bits per heavy atom. The molecule has 0 unspecified atom stereocenters. The molecule has 1 heterocycles. The van der Waals surface area contributed by atoms with Crippen molar-refractivity contribution in [3.05, 3.63) is 35.7 Å². The van der Waals surface area contributed by atoms with Crippen LogP contribution in [-0.2, 0) is 0 Å². The van der Waals surface area contributed by atoms with Crippen LogP contribution in [0.2, 0.25) is 0 Å². The van der Waals surface area contributed by atoms with Gasteiger partial charge in [0.2, 0.25) is 0 Å². The van der Waals surface area contributed by atoms with Gasteiger partial charge in [-0.1, -0.05) is 12.8 Å². The molecule has 3 rings (SSSR count). The van der Waals surface area contributed by atoms with Gasteiger partial charge in [0.1, 0.15) is 5.82 Å². The SMILES string of the molecule is Fc1ccc(-c2n[nH]c(C3CCCC3)n2)cc1F. The molecule has 1 fully saturated rings. The van der Waals surface area contributed by atoms with Gasteiger partial charge in [-0.05, 0) is 31.0 Å². The summed E-state index contributed by atoms with van der Waals surface area (Å²) in [5.74, 6) is -0.0235. The molecule has 94 valence electrons. The first-order chi connectivity index (χ1) is 8.74. The fraction of sp³-hybridized carbons (Fsp3) is 0.385. The Morgan fingerprint density at radius 1 is 1.11 bits per heavy atom. The largest absolute Gasteiger partial charge is 0.262 e. The van der Waals surface area contributed by atoms with Crippen molar-refractivity contribution in [2.24, 2.45) is 0 Å². The number of hydrogen-bond acceptors (Lipinski definition) is 2. The van der Waals surface area contributed by atoms with E-state index in [0.717, 1.165) is 30.8 Å². The molecule has 0 amide bonds. The highest BCUT2D eigenvalue weighted by molar-refractivity contribution is 5.54. The van der Waals surface area contributed by atoms with Gasteiger partial charge in [-0.15, -0.1) is 0 Å². The fourth-order valence-electron chi connectivity index (χ4n) is 2.42. The number of nitrogens with one attached hydrogen (secondary N) is 1. The molecule has 1 saturated carbocycles. The van der Waals surface area contributed by atoms with E-state index in [1.54, 1.807) is 0 Å². The highest BCUT2D eigenvalue weighted by Gasteiger charge is 2.21. The third-order valence-electron chi connectivity index (χ3n) is 3.42. The molecule has 3 nitrogen and oxygen atoms in total. The standard InChI is InChI=1S/C13H13F2N3/c14-10-6-5-9(7-11(10)15)13-16-12(17-18-13)8-3-1-2-4-8/h5-8H,1-4H2,(H,16,17,18). The first-order valence-electron chi connectivity index (χ1n) is 6.12. The lowest BCUT2D eigenvalue weighted by Crippen LogP contribution is -1.94. The van der Waals surface area contributed by atoms with E-state index in [2.05, 4.69) is 15.2 Å². The molecule has 1 aliphatic rings. The quantitative estimate of drug-likeness (QED) is 0.886. The summed E-state index contributed by atoms with van der Waals surface area (Å²) in [5, 5.41) is 6.98. The topological polar surface area (TPSA) is 41.6 Å². The van der Waals surface area contributed by atoms with E-state index < -0.39 is 11.6 Å². The van der Waals surface area contributed by atoms with Crippen LogP contribution in [-0.4, -0.2) is 15.2 Å². The highest BCUT2D eigenvalue weighted by Crippen LogP contribution is 2.32. The van der Waals surface area contributed by atoms with Gasteiger partial charge in [-0.25, -0.2) is 13.8 Å². The molecule has 1 aromatic heterocycles. The van der Waals surface area contributed by atoms with Crippen LogP contribution in [0.5, 0.6) is 0 Å². The maximum atomic E-state index is 13.1. The van der Waals surface area contributed by atoms with Gasteiger partial charge in [0.05, 0.1) is 0 Å². The maximum Gasteiger partial charge on any atom is 0.181 e. The summed E-state index contributed by atoms with van der Waals surface area (Å²) in [6, 6.07) is 3.70. The highest BCUT2D eigenvalue weighted by atomic mass is 19.2. The molecule has 5 heteroatoms. The Labute approximate surface area is 103 Å². The van der Waals surface area contributed by atoms with Gasteiger partial charge in [0.15, 0.2) is 17.5 Å². The summed E-state index contributed by atoms with van der Waals surface area (Å²) in [6.07, 6.45) is 4.66. The first kappa shape index (κ1) is 11.3. The summed E-state index contributed by atoms with van der Waals surface area (Å²) in [4.78, 5) is 4.38. The van der Waals surface area contributed by atoms with Crippen molar-refractivity contribution in [1.82, 2.24) is 15.2 Å². The summed E-state index contributed by atoms with van der Waals surface area (Å²) in [6.45, 7) is 0. The second kappa shape index (κ2) is 4.48. The zero-order valence-electron chi connectivity index (χ0n) is 9.79. The van der Waals surface area contributed by atoms with Crippen LogP contribution < -0.4 is 0 Å². The van der Waals surface area contributed by atoms with E-state index in [-0.39, 0.29) is 0 Å². The second-order valence-corrected chi connectivity index (χ2v) is 4.65. The summed E-state index contributed by atoms with van der Waals surface area (Å²) < 4.78 is 26.0. The molecule has 0 saturated heterocycles. The molecule has 18 heavy (non-hydrogen) atoms. The Hall–Kier alpha value is -1.78. The molecule has 0 radical (unpaired) electrons. The predicted octanol–water partition coefficient (Wildman–Crippen LogP) is 3.41. The molecule has 0 spiro atoms. The van der Waals surface area contributed by atoms with Crippen LogP contribution in [0.4, 0.5) is 8.78 Å². The van der Waals surface area contributed by atoms with Crippen molar-refractivity contribution in [2.75, 3.05) is 0 Å². The molecule has 1 aliphatic carbocycles. The van der Waals surface area contributed by atoms with Crippen molar-refractivity contribution < 1.29 is 8.78 Å². The molecular weight excluding hydrogens is 236 g/mol. The lowest BCUT2D eigenvalue weighted by molar-refractivity contribution is 0.509. The minimum absolute atomic E-state index is 0.427. The van der Waals surface area contributed by atoms with Gasteiger partial charge in [0.25, 0.3) is 0 Å². The van der Waals surface area contributed by atoms with Gasteiger partial charge >= 0.3 is 0 Å². The van der Waals surface area contributed by atoms with E-state index in [1.807, 2.05) is 0 Å². The van der Waals surface area contributed by atoms with Crippen LogP contribution >= 0.6 is 0 Å². The molecule has 0 aliphatic heterocycles. The minimum atomic E-state index is -0.875. The third-order valence-corrected chi connectivity index (χ3v) is 3.42. The zero-order chi connectivity index (χ0) is 12.5. The van der Waals surface area contributed by atoms with E-state index >= 15 is 0 Å². The Bertz CT molecular complexity index is 559. The number of benzene rings is 1. The average molecular weight is 249 g/mol. The Balaban J connectivity index is 1.89. The van der Waals surface area contributed by atoms with E-state index in [0.29, 0.717) is 17.3 Å². The molecule has 0 bridgehead atoms. The number of hydrogen-bond donors (Lipinski definition) is 1. The smallest absolute Gasteiger partial charge is 0.181 e. The molecular formula is C13H13F2N3. The zero-order valence-corrected chi connectivity index (χ0v) is 9.79. The van der Waals surface area contributed by atoms with Crippen LogP contribution in [0.1, 0.15) is 37.4 Å². The van der Waals surface area contributed by atoms with Crippen molar-refractivity contribution in [3.63, 3.8) is 0 Å². The molecule has 0 atom stereocenters. The minimum Gasteiger partial charge on any atom is -0.262 e. The number of nitrogens with zero attached hydrogens (tertiary/aromatic N) is 2. The van der Waals surface area contributed by atoms with Crippen LogP contribution in [0.15, 0.2) is 18.2 Å². The van der Waals surface area contributed by atoms with Crippen LogP contribution in [0.25, 0.3) is 11.4 Å². The van der Waals surface area contributed by atoms with Gasteiger partial charge in [-0.3, -0.25) is 5.10 Å². The number of aromatic nitrogens is 3. The van der Waals surface area contributed by atoms with Crippen molar-refractivity contribution in [2.45, 2.75) is 31.6 Å². The van der Waals surface area contributed by atoms with Crippen LogP contribution in [0.3, 0.4) is 0 Å². The van der Waals surface area contributed by atoms with Crippen molar-refractivity contribution in [3.8, 4) is 11.4 Å². The molecule has 1 aromatic carbocycles. The summed E-state index contributed by atoms with van der Waals surface area (Å²) in [7, 11) is 0. The summed E-state index contributed by atoms with van der Waals surface area (Å²) >= 11 is 0. The van der Waals surface area contributed by atoms with E-state index in [4.69, 9.17) is 0 Å². The second-order valence-electron chi connectivity index (χ2n) is 4.65. The van der Waals surface area contributed by atoms with E-state index in [1.165, 1.54) is 18.9 Å². The number of rotatable bonds is 2. The monoisotopic (exact) mass is 249 g/mol. The summed E-state index contributed by atoms with van der Waals surface area (Å²) in [5.41, 5.74) is 0.495. The van der Waals surface area contributed by atoms with E-state index in [9.17, 15) is 8.78 Å². The fourth-order valence-corrected chi connectivity index (χ4v) is 2.42. The van der Waals surface area contributed by atoms with Crippen LogP contribution in [0, 0.1) is 11.6 Å². The number of halogens is 2. The number of aromatic amines is 1. The molecule has 1 N–H and O–H groups in total. The third kappa shape index (κ3) is 2.00. The van der Waals surface area contributed by atoms with Gasteiger partial charge in [0, 0.05) is 11.5 Å². The van der Waals surface area contributed by atoms with Crippen molar-refractivity contribution in [1.29, 1.82) is 0 Å². The average Bonchev–Trinajstić information content (AvgIpc) is 3.01. The predicted molar refractivity (Wildman–Crippen MR) is 62.9 cm³/mol. The number of H-pyrrole nitrogens is 1. The lowest BCUT2D eigenvalue weighted by atomic mass is 10.1. The van der Waals surface area contributed by atoms with Crippen molar-refractivity contribution >= 4 is 0 Å². The van der Waals surface area contributed by atoms with Gasteiger partial charge in [-0.2, -0.15) is 5.10 Å². The molecule has 2 aromatic rings. The first-order valence-corrected chi connectivity index (χ1v) is 6.12. The van der Waals surface area contributed by atoms with Gasteiger partial charge < -0.3 is 0 Å².